The molecule has 2 aliphatic carbocycles. The van der Waals surface area contributed by atoms with E-state index in [1.165, 1.54) is 76.2 Å². The van der Waals surface area contributed by atoms with Crippen LogP contribution in [0.2, 0.25) is 0 Å². The van der Waals surface area contributed by atoms with Gasteiger partial charge in [0, 0.05) is 29.6 Å². The second kappa shape index (κ2) is 8.66. The van der Waals surface area contributed by atoms with E-state index in [0.29, 0.717) is 29.5 Å². The summed E-state index contributed by atoms with van der Waals surface area (Å²) in [4.78, 5) is 14.4. The monoisotopic (exact) mass is 523 g/mol. The van der Waals surface area contributed by atoms with E-state index in [9.17, 15) is 0 Å². The number of nitrogens with one attached hydrogen (secondary N) is 2. The lowest BCUT2D eigenvalue weighted by Gasteiger charge is -2.21. The molecule has 0 amide bonds. The van der Waals surface area contributed by atoms with Crippen molar-refractivity contribution in [1.29, 1.82) is 0 Å². The van der Waals surface area contributed by atoms with Gasteiger partial charge in [-0.15, -0.1) is 0 Å². The molecule has 2 N–H and O–H groups in total. The normalized spacial score (nSPS) is 30.6. The van der Waals surface area contributed by atoms with Gasteiger partial charge < -0.3 is 10.6 Å². The van der Waals surface area contributed by atoms with E-state index in [4.69, 9.17) is 9.98 Å². The van der Waals surface area contributed by atoms with Crippen molar-refractivity contribution in [2.24, 2.45) is 26.3 Å². The predicted octanol–water partition coefficient (Wildman–Crippen LogP) is 4.12. The molecule has 5 heteroatoms. The zero-order valence-electron chi connectivity index (χ0n) is 22.6. The van der Waals surface area contributed by atoms with E-state index in [1.807, 2.05) is 12.4 Å². The van der Waals surface area contributed by atoms with Gasteiger partial charge >= 0.3 is 0 Å². The summed E-state index contributed by atoms with van der Waals surface area (Å²) in [5.41, 5.74) is 3.96. The maximum Gasteiger partial charge on any atom is 0.146 e. The van der Waals surface area contributed by atoms with Crippen LogP contribution >= 0.6 is 0 Å². The summed E-state index contributed by atoms with van der Waals surface area (Å²) in [7, 11) is 0. The topological polar surface area (TPSA) is 61.1 Å². The van der Waals surface area contributed by atoms with Gasteiger partial charge in [0.2, 0.25) is 0 Å². The molecule has 40 heavy (non-hydrogen) atoms. The van der Waals surface area contributed by atoms with Gasteiger partial charge in [-0.3, -0.25) is 4.99 Å². The first kappa shape index (κ1) is 23.1. The predicted molar refractivity (Wildman–Crippen MR) is 163 cm³/mol. The van der Waals surface area contributed by atoms with Crippen molar-refractivity contribution in [2.75, 3.05) is 6.54 Å². The van der Waals surface area contributed by atoms with Crippen LogP contribution in [0.15, 0.2) is 87.4 Å². The maximum atomic E-state index is 4.91. The molecule has 2 saturated carbocycles. The van der Waals surface area contributed by atoms with Crippen LogP contribution in [0.25, 0.3) is 22.0 Å². The number of piperidine rings is 1. The van der Waals surface area contributed by atoms with Crippen molar-refractivity contribution < 1.29 is 0 Å². The minimum absolute atomic E-state index is 0.335. The first-order chi connectivity index (χ1) is 19.7. The van der Waals surface area contributed by atoms with E-state index in [2.05, 4.69) is 82.4 Å². The quantitative estimate of drug-likeness (QED) is 0.531. The molecular weight excluding hydrogens is 490 g/mol. The molecular formula is C35H33N5. The van der Waals surface area contributed by atoms with Crippen LogP contribution in [0.1, 0.15) is 38.5 Å². The Labute approximate surface area is 233 Å². The molecule has 198 valence electrons. The third-order valence-electron chi connectivity index (χ3n) is 10.2. The van der Waals surface area contributed by atoms with Crippen molar-refractivity contribution in [3.8, 4) is 0 Å². The third kappa shape index (κ3) is 3.87. The van der Waals surface area contributed by atoms with Crippen LogP contribution in [0, 0.1) is 21.8 Å². The molecule has 3 aromatic rings. The Hall–Kier alpha value is -3.67. The van der Waals surface area contributed by atoms with Gasteiger partial charge in [-0.25, -0.2) is 9.98 Å². The summed E-state index contributed by atoms with van der Waals surface area (Å²) < 4.78 is 0. The third-order valence-corrected chi connectivity index (χ3v) is 10.2. The Morgan fingerprint density at radius 2 is 1.55 bits per heavy atom. The lowest BCUT2D eigenvalue weighted by atomic mass is 9.99. The van der Waals surface area contributed by atoms with Crippen LogP contribution in [-0.4, -0.2) is 42.9 Å². The molecule has 5 nitrogen and oxygen atoms in total. The Balaban J connectivity index is 1.01. The molecule has 2 bridgehead atoms. The fraction of sp³-hybridized carbons (Fsp3) is 0.343. The number of hydrogen-bond donors (Lipinski definition) is 2. The molecule has 1 spiro atoms. The van der Waals surface area contributed by atoms with E-state index < -0.39 is 0 Å². The van der Waals surface area contributed by atoms with Gasteiger partial charge in [0.25, 0.3) is 0 Å². The largest absolute Gasteiger partial charge is 0.308 e. The van der Waals surface area contributed by atoms with E-state index in [1.54, 1.807) is 0 Å². The molecule has 0 aromatic heterocycles. The van der Waals surface area contributed by atoms with Gasteiger partial charge in [0.15, 0.2) is 0 Å². The molecule has 2 saturated heterocycles. The number of amidine groups is 1. The Bertz CT molecular complexity index is 1900. The maximum absolute atomic E-state index is 4.91. The molecule has 3 aromatic carbocycles. The number of benzene rings is 3. The molecule has 4 fully saturated rings. The highest BCUT2D eigenvalue weighted by Crippen LogP contribution is 2.53. The highest BCUT2D eigenvalue weighted by molar-refractivity contribution is 6.16. The minimum atomic E-state index is 0.335. The standard InChI is InChI=1S/C35H33N5/c1-3-22(32-19-37-34(40-32)33-27-9-10-29(15-27)39-33)4-2-21(1)23-5-6-25-14-26(8-7-24(25)13-23)28-16-30(36-18-28)31-17-35(11-12-35)20-38-31/h1-8,13-14,16,18-19,27,29,31,33,38-39H,9-12,15,17,20H2. The molecule has 9 rings (SSSR count). The molecule has 4 atom stereocenters. The Morgan fingerprint density at radius 3 is 2.30 bits per heavy atom. The van der Waals surface area contributed by atoms with Gasteiger partial charge in [-0.1, -0.05) is 48.5 Å². The molecule has 6 aliphatic rings. The van der Waals surface area contributed by atoms with Crippen molar-refractivity contribution >= 4 is 40.3 Å². The summed E-state index contributed by atoms with van der Waals surface area (Å²) in [6.45, 7) is 1.16. The molecule has 4 aliphatic heterocycles. The van der Waals surface area contributed by atoms with Crippen molar-refractivity contribution in [3.05, 3.63) is 93.3 Å². The molecule has 4 unspecified atom stereocenters. The van der Waals surface area contributed by atoms with Crippen molar-refractivity contribution in [2.45, 2.75) is 56.7 Å². The lowest BCUT2D eigenvalue weighted by Crippen LogP contribution is -2.40. The summed E-state index contributed by atoms with van der Waals surface area (Å²) in [6, 6.07) is 23.7. The number of hydrogen-bond acceptors (Lipinski definition) is 5. The summed E-state index contributed by atoms with van der Waals surface area (Å²) in [5.74, 6) is 1.67. The first-order valence-corrected chi connectivity index (χ1v) is 14.9. The number of aliphatic imine (C=N–C) groups is 3. The van der Waals surface area contributed by atoms with Crippen LogP contribution in [0.4, 0.5) is 0 Å². The smallest absolute Gasteiger partial charge is 0.146 e. The van der Waals surface area contributed by atoms with Crippen LogP contribution in [0.5, 0.6) is 0 Å². The van der Waals surface area contributed by atoms with E-state index in [0.717, 1.165) is 23.3 Å². The number of rotatable bonds is 2. The highest BCUT2D eigenvalue weighted by atomic mass is 15.1. The fourth-order valence-electron chi connectivity index (χ4n) is 7.59. The van der Waals surface area contributed by atoms with E-state index in [-0.39, 0.29) is 0 Å². The summed E-state index contributed by atoms with van der Waals surface area (Å²) >= 11 is 0. The first-order valence-electron chi connectivity index (χ1n) is 14.9. The highest BCUT2D eigenvalue weighted by Gasteiger charge is 2.49. The number of allylic oxidation sites excluding steroid dienone is 1. The zero-order chi connectivity index (χ0) is 26.3. The van der Waals surface area contributed by atoms with Crippen molar-refractivity contribution in [1.82, 2.24) is 10.6 Å². The Morgan fingerprint density at radius 1 is 0.775 bits per heavy atom. The van der Waals surface area contributed by atoms with Crippen LogP contribution in [0.3, 0.4) is 0 Å². The summed E-state index contributed by atoms with van der Waals surface area (Å²) in [6.07, 6.45) is 14.1. The SMILES string of the molecule is C1=NC(C2CC3(CC3)CN2)=CC1=c1ccc2cc(=c3ccc(=C4C=NC(C5NC6CCC5C6)=N4)cc3)ccc2c1. The second-order valence-corrected chi connectivity index (χ2v) is 12.8. The van der Waals surface area contributed by atoms with Crippen LogP contribution in [-0.2, 0) is 0 Å². The minimum Gasteiger partial charge on any atom is -0.308 e. The van der Waals surface area contributed by atoms with Crippen molar-refractivity contribution in [3.63, 3.8) is 0 Å². The Kier molecular flexibility index (Phi) is 5.00. The van der Waals surface area contributed by atoms with Crippen LogP contribution < -0.4 is 21.1 Å². The number of nitrogens with zero attached hydrogens (tertiary/aromatic N) is 3. The van der Waals surface area contributed by atoms with E-state index >= 15 is 0 Å². The lowest BCUT2D eigenvalue weighted by molar-refractivity contribution is 0.452. The van der Waals surface area contributed by atoms with Gasteiger partial charge in [-0.05, 0) is 94.5 Å². The average Bonchev–Trinajstić information content (AvgIpc) is 3.63. The van der Waals surface area contributed by atoms with Gasteiger partial charge in [0.1, 0.15) is 5.84 Å². The second-order valence-electron chi connectivity index (χ2n) is 12.8. The summed E-state index contributed by atoms with van der Waals surface area (Å²) in [5, 5.41) is 14.7. The average molecular weight is 524 g/mol. The fourth-order valence-corrected chi connectivity index (χ4v) is 7.59. The van der Waals surface area contributed by atoms with Gasteiger partial charge in [-0.2, -0.15) is 0 Å². The zero-order valence-corrected chi connectivity index (χ0v) is 22.6. The molecule has 0 radical (unpaired) electrons. The number of fused-ring (bicyclic) bond motifs is 3. The van der Waals surface area contributed by atoms with Gasteiger partial charge in [0.05, 0.1) is 29.7 Å². The molecule has 4 heterocycles.